The predicted molar refractivity (Wildman–Crippen MR) is 174 cm³/mol. The smallest absolute Gasteiger partial charge is 0.258 e. The van der Waals surface area contributed by atoms with Gasteiger partial charge in [0.15, 0.2) is 5.78 Å². The van der Waals surface area contributed by atoms with Crippen LogP contribution in [0.4, 0.5) is 8.78 Å². The van der Waals surface area contributed by atoms with Crippen molar-refractivity contribution in [3.05, 3.63) is 80.9 Å². The second-order valence-electron chi connectivity index (χ2n) is 13.3. The molecule has 1 aliphatic carbocycles. The first kappa shape index (κ1) is 35.7. The van der Waals surface area contributed by atoms with Gasteiger partial charge in [-0.2, -0.15) is 5.10 Å². The third-order valence-electron chi connectivity index (χ3n) is 8.95. The molecule has 4 rings (SSSR count). The van der Waals surface area contributed by atoms with E-state index in [1.165, 1.54) is 23.5 Å². The molecule has 2 amide bonds. The van der Waals surface area contributed by atoms with Crippen molar-refractivity contribution >= 4 is 49.1 Å². The highest BCUT2D eigenvalue weighted by atomic mass is 35.5. The van der Waals surface area contributed by atoms with E-state index in [1.54, 1.807) is 11.6 Å². The van der Waals surface area contributed by atoms with Gasteiger partial charge >= 0.3 is 0 Å². The molecule has 1 aliphatic rings. The van der Waals surface area contributed by atoms with Crippen LogP contribution in [0.3, 0.4) is 0 Å². The lowest BCUT2D eigenvalue weighted by molar-refractivity contribution is -0.133. The molecule has 1 aromatic carbocycles. The van der Waals surface area contributed by atoms with Crippen molar-refractivity contribution in [2.75, 3.05) is 6.54 Å². The summed E-state index contributed by atoms with van der Waals surface area (Å²) in [5.41, 5.74) is 3.67. The number of nitrogens with one attached hydrogen (secondary N) is 1. The molecule has 0 atom stereocenters. The highest BCUT2D eigenvalue weighted by molar-refractivity contribution is 6.74. The molecule has 248 valence electrons. The van der Waals surface area contributed by atoms with Gasteiger partial charge in [-0.3, -0.25) is 24.0 Å². The summed E-state index contributed by atoms with van der Waals surface area (Å²) in [6.07, 6.45) is 6.54. The first-order valence-corrected chi connectivity index (χ1v) is 18.7. The maximum atomic E-state index is 14.0. The zero-order chi connectivity index (χ0) is 34.0. The molecule has 9 nitrogen and oxygen atoms in total. The number of hydroxylamine groups is 1. The number of hydrogen-bond acceptors (Lipinski definition) is 6. The third kappa shape index (κ3) is 8.20. The fourth-order valence-corrected chi connectivity index (χ4v) is 6.46. The van der Waals surface area contributed by atoms with Gasteiger partial charge in [-0.25, -0.2) is 14.3 Å². The molecule has 14 heteroatoms. The Kier molecular flexibility index (Phi) is 11.1. The lowest BCUT2D eigenvalue weighted by atomic mass is 9.85. The quantitative estimate of drug-likeness (QED) is 0.134. The van der Waals surface area contributed by atoms with Crippen molar-refractivity contribution in [2.24, 2.45) is 5.92 Å². The van der Waals surface area contributed by atoms with Crippen molar-refractivity contribution in [1.29, 1.82) is 0 Å². The lowest BCUT2D eigenvalue weighted by Crippen LogP contribution is -2.48. The van der Waals surface area contributed by atoms with E-state index in [0.29, 0.717) is 31.4 Å². The summed E-state index contributed by atoms with van der Waals surface area (Å²) in [6.45, 7) is 11.5. The summed E-state index contributed by atoms with van der Waals surface area (Å²) in [5.74, 6) is -3.07. The lowest BCUT2D eigenvalue weighted by Gasteiger charge is -2.36. The molecule has 0 radical (unpaired) electrons. The Hall–Kier alpha value is -3.19. The molecule has 2 heterocycles. The van der Waals surface area contributed by atoms with Crippen LogP contribution in [0.2, 0.25) is 28.2 Å². The molecule has 0 aliphatic heterocycles. The zero-order valence-corrected chi connectivity index (χ0v) is 29.3. The molecule has 1 fully saturated rings. The number of ketones is 1. The van der Waals surface area contributed by atoms with Gasteiger partial charge in [0.05, 0.1) is 40.0 Å². The Balaban J connectivity index is 1.50. The van der Waals surface area contributed by atoms with Crippen molar-refractivity contribution in [3.63, 3.8) is 0 Å². The molecule has 0 spiro atoms. The van der Waals surface area contributed by atoms with E-state index in [4.69, 9.17) is 27.7 Å². The first-order valence-electron chi connectivity index (χ1n) is 15.1. The number of rotatable bonds is 10. The Morgan fingerprint density at radius 1 is 1.02 bits per heavy atom. The van der Waals surface area contributed by atoms with Gasteiger partial charge in [0, 0.05) is 36.6 Å². The number of carbonyl (C=O) groups is 3. The maximum absolute atomic E-state index is 14.0. The van der Waals surface area contributed by atoms with E-state index < -0.39 is 38.2 Å². The van der Waals surface area contributed by atoms with Gasteiger partial charge in [0.1, 0.15) is 11.6 Å². The second kappa shape index (κ2) is 14.3. The average Bonchev–Trinajstić information content (AvgIpc) is 3.35. The van der Waals surface area contributed by atoms with E-state index in [2.05, 4.69) is 49.4 Å². The van der Waals surface area contributed by atoms with Crippen molar-refractivity contribution in [2.45, 2.75) is 84.1 Å². The molecular formula is C32H39Cl2F2N5O4Si. The summed E-state index contributed by atoms with van der Waals surface area (Å²) in [4.78, 5) is 45.2. The van der Waals surface area contributed by atoms with Crippen LogP contribution >= 0.6 is 23.2 Å². The molecule has 0 bridgehead atoms. The topological polar surface area (TPSA) is 106 Å². The zero-order valence-electron chi connectivity index (χ0n) is 26.8. The second-order valence-corrected chi connectivity index (χ2v) is 18.8. The van der Waals surface area contributed by atoms with E-state index in [0.717, 1.165) is 18.2 Å². The molecule has 1 N–H and O–H groups in total. The summed E-state index contributed by atoms with van der Waals surface area (Å²) in [6, 6.07) is 2.88. The summed E-state index contributed by atoms with van der Waals surface area (Å²) in [5, 5.41) is 4.49. The van der Waals surface area contributed by atoms with Crippen molar-refractivity contribution in [1.82, 2.24) is 25.1 Å². The number of halogens is 4. The number of aromatic nitrogens is 3. The molecule has 3 aromatic rings. The Morgan fingerprint density at radius 3 is 2.17 bits per heavy atom. The van der Waals surface area contributed by atoms with Crippen LogP contribution < -0.4 is 5.48 Å². The first-order chi connectivity index (χ1) is 21.5. The summed E-state index contributed by atoms with van der Waals surface area (Å²) >= 11 is 12.4. The number of pyridine rings is 1. The van der Waals surface area contributed by atoms with Gasteiger partial charge in [-0.1, -0.05) is 44.0 Å². The molecule has 0 unspecified atom stereocenters. The Morgan fingerprint density at radius 2 is 1.61 bits per heavy atom. The van der Waals surface area contributed by atoms with Crippen molar-refractivity contribution in [3.8, 4) is 0 Å². The maximum Gasteiger partial charge on any atom is 0.258 e. The molecule has 2 aromatic heterocycles. The highest BCUT2D eigenvalue weighted by Gasteiger charge is 2.39. The Labute approximate surface area is 278 Å². The molecule has 1 saturated carbocycles. The highest BCUT2D eigenvalue weighted by Crippen LogP contribution is 2.37. The number of Topliss-reactive ketones (excluding diaryl/α,β-unsaturated/α-hetero) is 1. The monoisotopic (exact) mass is 693 g/mol. The standard InChI is InChI=1S/C32H39Cl2F2N5O4Si/c1-19-25(14-38-41(19)24-9-7-21(8-10-24)30(43)39-45-46(5,6)32(2,3)4)31(44)40(17-20-11-22(35)13-23(36)12-20)18-28(42)29-26(33)15-37-16-27(29)34/h11-16,21,24H,7-10,17-18H2,1-6H3,(H,39,43). The Bertz CT molecular complexity index is 1580. The minimum Gasteiger partial charge on any atom is -0.326 e. The van der Waals surface area contributed by atoms with E-state index in [-0.39, 0.29) is 56.2 Å². The summed E-state index contributed by atoms with van der Waals surface area (Å²) in [7, 11) is -2.14. The van der Waals surface area contributed by atoms with Gasteiger partial charge in [-0.15, -0.1) is 0 Å². The molecule has 0 saturated heterocycles. The fraction of sp³-hybridized carbons (Fsp3) is 0.469. The number of nitrogens with zero attached hydrogens (tertiary/aromatic N) is 4. The number of carbonyl (C=O) groups excluding carboxylic acids is 3. The van der Waals surface area contributed by atoms with Crippen LogP contribution in [0.25, 0.3) is 0 Å². The van der Waals surface area contributed by atoms with Gasteiger partial charge in [0.2, 0.25) is 14.2 Å². The molecule has 46 heavy (non-hydrogen) atoms. The molecular weight excluding hydrogens is 655 g/mol. The van der Waals surface area contributed by atoms with Gasteiger partial charge in [0.25, 0.3) is 5.91 Å². The van der Waals surface area contributed by atoms with Gasteiger partial charge in [-0.05, 0) is 68.4 Å². The average molecular weight is 695 g/mol. The predicted octanol–water partition coefficient (Wildman–Crippen LogP) is 7.48. The van der Waals surface area contributed by atoms with Crippen LogP contribution in [0.15, 0.2) is 36.8 Å². The number of amides is 2. The van der Waals surface area contributed by atoms with E-state index in [1.807, 2.05) is 0 Å². The van der Waals surface area contributed by atoms with Gasteiger partial charge < -0.3 is 9.43 Å². The van der Waals surface area contributed by atoms with E-state index in [9.17, 15) is 23.2 Å². The largest absolute Gasteiger partial charge is 0.326 e. The minimum atomic E-state index is -2.14. The van der Waals surface area contributed by atoms with Crippen LogP contribution in [0.1, 0.15) is 84.5 Å². The van der Waals surface area contributed by atoms with Crippen LogP contribution in [0.5, 0.6) is 0 Å². The third-order valence-corrected chi connectivity index (χ3v) is 13.7. The normalized spacial score (nSPS) is 17.1. The summed E-state index contributed by atoms with van der Waals surface area (Å²) < 4.78 is 35.7. The van der Waals surface area contributed by atoms with Crippen LogP contribution in [0, 0.1) is 24.5 Å². The van der Waals surface area contributed by atoms with Crippen LogP contribution in [-0.4, -0.2) is 52.1 Å². The number of benzene rings is 1. The van der Waals surface area contributed by atoms with E-state index >= 15 is 0 Å². The fourth-order valence-electron chi connectivity index (χ4n) is 5.22. The minimum absolute atomic E-state index is 0.00974. The van der Waals surface area contributed by atoms with Crippen LogP contribution in [-0.2, 0) is 15.9 Å². The van der Waals surface area contributed by atoms with Crippen molar-refractivity contribution < 1.29 is 27.7 Å². The number of hydrogen-bond donors (Lipinski definition) is 1. The SMILES string of the molecule is Cc1c(C(=O)N(CC(=O)c2c(Cl)cncc2Cl)Cc2cc(F)cc(F)c2)cnn1C1CCC(C(=O)NO[Si](C)(C)C(C)(C)C)CC1.